The third kappa shape index (κ3) is 28.2. The number of urea groups is 1. The first-order valence-corrected chi connectivity index (χ1v) is 28.7. The number of amides is 3. The highest BCUT2D eigenvalue weighted by Crippen LogP contribution is 2.22. The number of hydrogen-bond acceptors (Lipinski definition) is 20. The number of nitrogens with one attached hydrogen (secondary N) is 5. The van der Waals surface area contributed by atoms with E-state index in [0.717, 1.165) is 89.7 Å². The van der Waals surface area contributed by atoms with Crippen molar-refractivity contribution in [2.75, 3.05) is 134 Å². The van der Waals surface area contributed by atoms with Gasteiger partial charge in [-0.15, -0.1) is 0 Å². The average Bonchev–Trinajstić information content (AvgIpc) is 3.47. The quantitative estimate of drug-likeness (QED) is 0.0422. The lowest BCUT2D eigenvalue weighted by Gasteiger charge is -2.37. The average molecular weight is 1190 g/mol. The van der Waals surface area contributed by atoms with Crippen molar-refractivity contribution in [2.45, 2.75) is 114 Å². The second-order valence-electron chi connectivity index (χ2n) is 21.1. The van der Waals surface area contributed by atoms with Gasteiger partial charge in [0.25, 0.3) is 0 Å². The molecule has 2 aliphatic heterocycles. The molecule has 1 aromatic carbocycles. The van der Waals surface area contributed by atoms with Crippen LogP contribution in [0.3, 0.4) is 0 Å². The third-order valence-electron chi connectivity index (χ3n) is 14.5. The number of carbonyl (C=O) groups is 9. The molecule has 30 heteroatoms. The Bertz CT molecular complexity index is 2440. The van der Waals surface area contributed by atoms with Crippen LogP contribution in [0.2, 0.25) is 0 Å². The predicted octanol–water partition coefficient (Wildman–Crippen LogP) is 1.12. The number of carbonyl (C=O) groups excluding carboxylic acids is 2. The van der Waals surface area contributed by atoms with E-state index in [-0.39, 0.29) is 90.7 Å². The van der Waals surface area contributed by atoms with Crippen molar-refractivity contribution in [3.05, 3.63) is 29.8 Å². The monoisotopic (exact) mass is 1190 g/mol. The molecular weight excluding hydrogens is 1100 g/mol. The van der Waals surface area contributed by atoms with Crippen molar-refractivity contribution in [3.63, 3.8) is 0 Å². The molecule has 4 rings (SSSR count). The number of piperazine rings is 1. The Balaban J connectivity index is 1.16. The Morgan fingerprint density at radius 2 is 1.04 bits per heavy atom. The van der Waals surface area contributed by atoms with Crippen LogP contribution >= 0.6 is 0 Å². The highest BCUT2D eigenvalue weighted by atomic mass is 16.4. The molecule has 12 N–H and O–H groups in total. The summed E-state index contributed by atoms with van der Waals surface area (Å²) < 4.78 is 0. The molecule has 468 valence electrons. The first-order chi connectivity index (χ1) is 40.1. The van der Waals surface area contributed by atoms with Gasteiger partial charge in [-0.05, 0) is 69.2 Å². The Labute approximate surface area is 488 Å². The minimum Gasteiger partial charge on any atom is -0.481 e. The van der Waals surface area contributed by atoms with Crippen molar-refractivity contribution in [1.29, 1.82) is 0 Å². The van der Waals surface area contributed by atoms with Gasteiger partial charge in [0, 0.05) is 110 Å². The standard InChI is InChI=1S/C54H86N14O16/c1-55-51-60-52(57-39-16-14-38(15-17-39)32-40-33-66(36-47(76)77)25-24-64(34-45(72)73)22-23-65(35-46(74)75)28-31-68(40)37-48(78)79)62-53(61-51)67-29-26-63(27-30-67)21-11-7-5-3-2-4-6-8-13-43(69)56-20-10-9-12-41(49(80)81)58-54(84)59-42(50(82)83)18-19-44(70)71/h14-17,40-42H,2-13,18-37H2,1H3,(H,56,69)(H,70,71)(H,72,73)(H,74,75)(H,76,77)(H,78,79)(H,80,81)(H,82,83)(H2,58,59,84)(H2,55,57,60,61,62). The van der Waals surface area contributed by atoms with Crippen LogP contribution in [0.25, 0.3) is 0 Å². The van der Waals surface area contributed by atoms with Gasteiger partial charge in [-0.1, -0.05) is 50.7 Å². The van der Waals surface area contributed by atoms with E-state index in [0.29, 0.717) is 55.8 Å². The summed E-state index contributed by atoms with van der Waals surface area (Å²) in [6, 6.07) is 3.13. The maximum absolute atomic E-state index is 12.3. The van der Waals surface area contributed by atoms with E-state index in [1.165, 1.54) is 0 Å². The molecular formula is C54H86N14O16. The molecule has 2 aromatic rings. The molecule has 3 atom stereocenters. The van der Waals surface area contributed by atoms with E-state index in [1.807, 2.05) is 24.3 Å². The number of carboxylic acids is 7. The molecule has 1 aromatic heterocycles. The van der Waals surface area contributed by atoms with Gasteiger partial charge in [0.05, 0.1) is 26.2 Å². The zero-order chi connectivity index (χ0) is 61.4. The van der Waals surface area contributed by atoms with Crippen LogP contribution in [0, 0.1) is 0 Å². The van der Waals surface area contributed by atoms with E-state index in [2.05, 4.69) is 46.4 Å². The summed E-state index contributed by atoms with van der Waals surface area (Å²) in [5, 5.41) is 79.9. The van der Waals surface area contributed by atoms with Crippen molar-refractivity contribution in [1.82, 2.24) is 55.4 Å². The number of benzene rings is 1. The van der Waals surface area contributed by atoms with Gasteiger partial charge in [-0.25, -0.2) is 14.4 Å². The van der Waals surface area contributed by atoms with Crippen LogP contribution in [0.15, 0.2) is 24.3 Å². The van der Waals surface area contributed by atoms with Crippen molar-refractivity contribution in [2.24, 2.45) is 0 Å². The maximum atomic E-state index is 12.3. The summed E-state index contributed by atoms with van der Waals surface area (Å²) >= 11 is 0. The van der Waals surface area contributed by atoms with Crippen LogP contribution in [-0.2, 0) is 44.8 Å². The highest BCUT2D eigenvalue weighted by molar-refractivity contribution is 5.86. The number of carboxylic acid groups (broad SMARTS) is 7. The van der Waals surface area contributed by atoms with Gasteiger partial charge in [0.1, 0.15) is 12.1 Å². The fourth-order valence-corrected chi connectivity index (χ4v) is 9.94. The number of unbranched alkanes of at least 4 members (excludes halogenated alkanes) is 8. The number of anilines is 4. The van der Waals surface area contributed by atoms with Gasteiger partial charge < -0.3 is 67.2 Å². The molecule has 3 heterocycles. The summed E-state index contributed by atoms with van der Waals surface area (Å²) in [6.45, 7) is 4.47. The number of aliphatic carboxylic acids is 7. The molecule has 0 radical (unpaired) electrons. The minimum atomic E-state index is -1.49. The SMILES string of the molecule is CNc1nc(Nc2ccc(CC3CN(CC(=O)O)CCN(CC(=O)O)CCN(CC(=O)O)CCN3CC(=O)O)cc2)nc(N2CCN(CCCCCCCCCCC(=O)NCCCCC(NC(=O)NC(CCC(=O)O)C(=O)O)C(=O)O)CC2)n1. The summed E-state index contributed by atoms with van der Waals surface area (Å²) in [6.07, 6.45) is 9.03. The second kappa shape index (κ2) is 37.6. The lowest BCUT2D eigenvalue weighted by atomic mass is 10.0. The van der Waals surface area contributed by atoms with E-state index in [4.69, 9.17) is 10.1 Å². The summed E-state index contributed by atoms with van der Waals surface area (Å²) in [7, 11) is 1.73. The topological polar surface area (TPSA) is 414 Å². The van der Waals surface area contributed by atoms with Crippen LogP contribution in [-0.4, -0.2) is 265 Å². The second-order valence-corrected chi connectivity index (χ2v) is 21.1. The lowest BCUT2D eigenvalue weighted by Crippen LogP contribution is -2.53. The molecule has 0 saturated carbocycles. The molecule has 84 heavy (non-hydrogen) atoms. The fourth-order valence-electron chi connectivity index (χ4n) is 9.94. The largest absolute Gasteiger partial charge is 0.481 e. The molecule has 0 bridgehead atoms. The number of rotatable bonds is 37. The number of hydrogen-bond donors (Lipinski definition) is 12. The number of nitrogens with zero attached hydrogens (tertiary/aromatic N) is 9. The van der Waals surface area contributed by atoms with Crippen LogP contribution < -0.4 is 31.5 Å². The first kappa shape index (κ1) is 69.0. The Morgan fingerprint density at radius 1 is 0.524 bits per heavy atom. The van der Waals surface area contributed by atoms with E-state index >= 15 is 0 Å². The van der Waals surface area contributed by atoms with Gasteiger partial charge in [-0.2, -0.15) is 15.0 Å². The Morgan fingerprint density at radius 3 is 1.60 bits per heavy atom. The molecule has 0 spiro atoms. The molecule has 0 aliphatic carbocycles. The molecule has 2 fully saturated rings. The predicted molar refractivity (Wildman–Crippen MR) is 306 cm³/mol. The molecule has 2 saturated heterocycles. The van der Waals surface area contributed by atoms with Gasteiger partial charge >= 0.3 is 47.8 Å². The Kier molecular flexibility index (Phi) is 30.9. The van der Waals surface area contributed by atoms with Gasteiger partial charge in [0.15, 0.2) is 0 Å². The minimum absolute atomic E-state index is 0.0490. The lowest BCUT2D eigenvalue weighted by molar-refractivity contribution is -0.142. The normalized spacial score (nSPS) is 16.9. The van der Waals surface area contributed by atoms with Crippen molar-refractivity contribution in [3.8, 4) is 0 Å². The molecule has 3 amide bonds. The smallest absolute Gasteiger partial charge is 0.326 e. The molecule has 3 unspecified atom stereocenters. The van der Waals surface area contributed by atoms with Crippen molar-refractivity contribution < 1.29 is 78.9 Å². The van der Waals surface area contributed by atoms with Gasteiger partial charge in [0.2, 0.25) is 23.8 Å². The first-order valence-electron chi connectivity index (χ1n) is 28.7. The third-order valence-corrected chi connectivity index (χ3v) is 14.5. The zero-order valence-corrected chi connectivity index (χ0v) is 48.0. The van der Waals surface area contributed by atoms with E-state index in [1.54, 1.807) is 26.6 Å². The van der Waals surface area contributed by atoms with E-state index in [9.17, 15) is 73.8 Å². The van der Waals surface area contributed by atoms with E-state index < -0.39 is 72.4 Å². The fraction of sp³-hybridized carbons (Fsp3) is 0.667. The molecule has 2 aliphatic rings. The highest BCUT2D eigenvalue weighted by Gasteiger charge is 2.29. The summed E-state index contributed by atoms with van der Waals surface area (Å²) in [4.78, 5) is 131. The van der Waals surface area contributed by atoms with Crippen LogP contribution in [0.1, 0.15) is 95.5 Å². The number of aromatic nitrogens is 3. The molecule has 30 nitrogen and oxygen atoms in total. The summed E-state index contributed by atoms with van der Waals surface area (Å²) in [5.74, 6) is -7.14. The summed E-state index contributed by atoms with van der Waals surface area (Å²) in [5.41, 5.74) is 1.51. The Hall–Kier alpha value is -7.54. The van der Waals surface area contributed by atoms with Gasteiger partial charge in [-0.3, -0.25) is 53.3 Å². The maximum Gasteiger partial charge on any atom is 0.326 e. The zero-order valence-electron chi connectivity index (χ0n) is 48.0. The van der Waals surface area contributed by atoms with Crippen molar-refractivity contribution >= 4 is 77.3 Å². The van der Waals surface area contributed by atoms with Crippen LogP contribution in [0.5, 0.6) is 0 Å². The van der Waals surface area contributed by atoms with Crippen LogP contribution in [0.4, 0.5) is 28.3 Å².